The van der Waals surface area contributed by atoms with Crippen molar-refractivity contribution in [3.05, 3.63) is 54.2 Å². The van der Waals surface area contributed by atoms with Gasteiger partial charge in [0, 0.05) is 48.3 Å². The van der Waals surface area contributed by atoms with Gasteiger partial charge in [-0.15, -0.1) is 0 Å². The van der Waals surface area contributed by atoms with E-state index in [0.717, 1.165) is 10.9 Å². The maximum absolute atomic E-state index is 13.4. The van der Waals surface area contributed by atoms with Crippen molar-refractivity contribution in [2.75, 3.05) is 0 Å². The van der Waals surface area contributed by atoms with Gasteiger partial charge in [-0.2, -0.15) is 0 Å². The molecule has 0 saturated heterocycles. The third-order valence-electron chi connectivity index (χ3n) is 6.02. The summed E-state index contributed by atoms with van der Waals surface area (Å²) in [5.41, 5.74) is 7.66. The zero-order valence-electron chi connectivity index (χ0n) is 21.1. The van der Waals surface area contributed by atoms with Crippen molar-refractivity contribution in [3.63, 3.8) is 0 Å². The molecule has 0 bridgehead atoms. The van der Waals surface area contributed by atoms with Gasteiger partial charge in [0.1, 0.15) is 18.1 Å². The van der Waals surface area contributed by atoms with Gasteiger partial charge >= 0.3 is 11.9 Å². The summed E-state index contributed by atoms with van der Waals surface area (Å²) in [7, 11) is 0. The fraction of sp³-hybridized carbons (Fsp3) is 0.360. The quantitative estimate of drug-likeness (QED) is 0.130. The predicted octanol–water partition coefficient (Wildman–Crippen LogP) is -0.573. The van der Waals surface area contributed by atoms with Gasteiger partial charge in [-0.1, -0.05) is 18.2 Å². The zero-order chi connectivity index (χ0) is 28.5. The molecular formula is C25H31N7O7. The standard InChI is InChI=1S/C25H31N7O7/c1-13(26)22(35)31-20(9-15-11-27-12-29-15)24(37)32-19(8-14-10-28-17-5-3-2-4-16(14)17)23(36)30-18(25(38)39)6-7-21(33)34/h2-5,10-13,18-20,28H,6-9,26H2,1H3,(H,27,29)(H,30,36)(H,31,35)(H,32,37)(H,33,34)(H,38,39). The number of amides is 3. The van der Waals surface area contributed by atoms with Crippen LogP contribution in [0.5, 0.6) is 0 Å². The Balaban J connectivity index is 1.87. The molecule has 14 nitrogen and oxygen atoms in total. The molecule has 4 unspecified atom stereocenters. The molecule has 1 aromatic carbocycles. The number of hydrogen-bond acceptors (Lipinski definition) is 7. The van der Waals surface area contributed by atoms with Gasteiger partial charge < -0.3 is 41.9 Å². The molecule has 0 fully saturated rings. The minimum absolute atomic E-state index is 0.0160. The average molecular weight is 542 g/mol. The molecule has 3 amide bonds. The number of aromatic amines is 2. The van der Waals surface area contributed by atoms with E-state index in [1.54, 1.807) is 6.20 Å². The van der Waals surface area contributed by atoms with Gasteiger partial charge in [-0.3, -0.25) is 19.2 Å². The lowest BCUT2D eigenvalue weighted by Crippen LogP contribution is -2.58. The van der Waals surface area contributed by atoms with Gasteiger partial charge in [-0.25, -0.2) is 9.78 Å². The van der Waals surface area contributed by atoms with Gasteiger partial charge in [0.25, 0.3) is 0 Å². The lowest BCUT2D eigenvalue weighted by molar-refractivity contribution is -0.143. The molecule has 9 N–H and O–H groups in total. The number of hydrogen-bond donors (Lipinski definition) is 8. The Hall–Kier alpha value is -4.72. The number of rotatable bonds is 14. The Morgan fingerprint density at radius 2 is 1.56 bits per heavy atom. The Labute approximate surface area is 222 Å². The summed E-state index contributed by atoms with van der Waals surface area (Å²) in [5.74, 6) is -4.76. The largest absolute Gasteiger partial charge is 0.481 e. The number of nitrogens with zero attached hydrogens (tertiary/aromatic N) is 1. The van der Waals surface area contributed by atoms with Crippen molar-refractivity contribution in [1.82, 2.24) is 30.9 Å². The van der Waals surface area contributed by atoms with E-state index in [1.165, 1.54) is 19.4 Å². The van der Waals surface area contributed by atoms with Gasteiger partial charge in [-0.05, 0) is 25.0 Å². The highest BCUT2D eigenvalue weighted by Crippen LogP contribution is 2.19. The van der Waals surface area contributed by atoms with Crippen molar-refractivity contribution in [3.8, 4) is 0 Å². The number of fused-ring (bicyclic) bond motifs is 1. The lowest BCUT2D eigenvalue weighted by atomic mass is 10.0. The van der Waals surface area contributed by atoms with Crippen molar-refractivity contribution < 1.29 is 34.2 Å². The molecule has 2 heterocycles. The Kier molecular flexibility index (Phi) is 9.75. The first-order valence-corrected chi connectivity index (χ1v) is 12.2. The van der Waals surface area contributed by atoms with Crippen molar-refractivity contribution in [2.24, 2.45) is 5.73 Å². The third-order valence-corrected chi connectivity index (χ3v) is 6.02. The first kappa shape index (κ1) is 28.8. The summed E-state index contributed by atoms with van der Waals surface area (Å²) < 4.78 is 0. The van der Waals surface area contributed by atoms with Crippen molar-refractivity contribution in [1.29, 1.82) is 0 Å². The van der Waals surface area contributed by atoms with Crippen LogP contribution in [0.15, 0.2) is 43.0 Å². The molecule has 0 aliphatic heterocycles. The SMILES string of the molecule is CC(N)C(=O)NC(Cc1cnc[nH]1)C(=O)NC(Cc1c[nH]c2ccccc12)C(=O)NC(CCC(=O)O)C(=O)O. The number of H-pyrrole nitrogens is 2. The summed E-state index contributed by atoms with van der Waals surface area (Å²) in [4.78, 5) is 71.5. The number of aliphatic carboxylic acids is 2. The molecule has 3 aromatic rings. The highest BCUT2D eigenvalue weighted by Gasteiger charge is 2.31. The number of carbonyl (C=O) groups is 5. The van der Waals surface area contributed by atoms with Gasteiger partial charge in [0.05, 0.1) is 12.4 Å². The van der Waals surface area contributed by atoms with Gasteiger partial charge in [0.15, 0.2) is 0 Å². The number of nitrogens with one attached hydrogen (secondary N) is 5. The first-order chi connectivity index (χ1) is 18.5. The van der Waals surface area contributed by atoms with Gasteiger partial charge in [0.2, 0.25) is 17.7 Å². The number of benzene rings is 1. The van der Waals surface area contributed by atoms with Crippen LogP contribution < -0.4 is 21.7 Å². The number of aromatic nitrogens is 3. The zero-order valence-corrected chi connectivity index (χ0v) is 21.1. The molecule has 2 aromatic heterocycles. The molecule has 0 aliphatic rings. The third kappa shape index (κ3) is 8.13. The first-order valence-electron chi connectivity index (χ1n) is 12.2. The molecular weight excluding hydrogens is 510 g/mol. The molecule has 4 atom stereocenters. The van der Waals surface area contributed by atoms with Crippen molar-refractivity contribution >= 4 is 40.6 Å². The van der Waals surface area contributed by atoms with E-state index >= 15 is 0 Å². The van der Waals surface area contributed by atoms with Crippen LogP contribution in [-0.2, 0) is 36.8 Å². The normalized spacial score (nSPS) is 14.1. The maximum Gasteiger partial charge on any atom is 0.326 e. The van der Waals surface area contributed by atoms with Crippen LogP contribution in [-0.4, -0.2) is 79.0 Å². The molecule has 0 spiro atoms. The van der Waals surface area contributed by atoms with Crippen LogP contribution in [0.3, 0.4) is 0 Å². The minimum atomic E-state index is -1.49. The van der Waals surface area contributed by atoms with Crippen LogP contribution >= 0.6 is 0 Å². The van der Waals surface area contributed by atoms with E-state index in [4.69, 9.17) is 10.8 Å². The molecule has 39 heavy (non-hydrogen) atoms. The maximum atomic E-state index is 13.4. The number of carboxylic acid groups (broad SMARTS) is 2. The summed E-state index contributed by atoms with van der Waals surface area (Å²) in [6.45, 7) is 1.46. The van der Waals surface area contributed by atoms with Crippen LogP contribution in [0.1, 0.15) is 31.0 Å². The second kappa shape index (κ2) is 13.2. The number of carbonyl (C=O) groups excluding carboxylic acids is 3. The number of nitrogens with two attached hydrogens (primary N) is 1. The van der Waals surface area contributed by atoms with E-state index in [0.29, 0.717) is 11.3 Å². The Morgan fingerprint density at radius 1 is 0.923 bits per heavy atom. The lowest BCUT2D eigenvalue weighted by Gasteiger charge is -2.25. The summed E-state index contributed by atoms with van der Waals surface area (Å²) in [5, 5.41) is 26.8. The fourth-order valence-corrected chi connectivity index (χ4v) is 3.93. The second-order valence-electron chi connectivity index (χ2n) is 9.09. The van der Waals surface area contributed by atoms with Crippen LogP contribution in [0.2, 0.25) is 0 Å². The summed E-state index contributed by atoms with van der Waals surface area (Å²) >= 11 is 0. The smallest absolute Gasteiger partial charge is 0.326 e. The molecule has 14 heteroatoms. The number of imidazole rings is 1. The van der Waals surface area contributed by atoms with E-state index in [-0.39, 0.29) is 19.3 Å². The number of para-hydroxylation sites is 1. The topological polar surface area (TPSA) is 232 Å². The summed E-state index contributed by atoms with van der Waals surface area (Å²) in [6, 6.07) is 2.51. The highest BCUT2D eigenvalue weighted by atomic mass is 16.4. The predicted molar refractivity (Wildman–Crippen MR) is 138 cm³/mol. The molecule has 0 radical (unpaired) electrons. The Bertz CT molecular complexity index is 1320. The van der Waals surface area contributed by atoms with Crippen LogP contribution in [0, 0.1) is 0 Å². The molecule has 0 saturated carbocycles. The second-order valence-corrected chi connectivity index (χ2v) is 9.09. The summed E-state index contributed by atoms with van der Waals surface area (Å²) in [6.07, 6.45) is 3.73. The van der Waals surface area contributed by atoms with E-state index < -0.39 is 60.2 Å². The molecule has 0 aliphatic carbocycles. The fourth-order valence-electron chi connectivity index (χ4n) is 3.93. The van der Waals surface area contributed by atoms with Crippen molar-refractivity contribution in [2.45, 2.75) is 56.8 Å². The number of carboxylic acids is 2. The van der Waals surface area contributed by atoms with Crippen LogP contribution in [0.4, 0.5) is 0 Å². The average Bonchev–Trinajstić information content (AvgIpc) is 3.55. The molecule has 208 valence electrons. The minimum Gasteiger partial charge on any atom is -0.481 e. The Morgan fingerprint density at radius 3 is 2.18 bits per heavy atom. The van der Waals surface area contributed by atoms with E-state index in [1.807, 2.05) is 24.3 Å². The highest BCUT2D eigenvalue weighted by molar-refractivity contribution is 5.95. The van der Waals surface area contributed by atoms with Crippen LogP contribution in [0.25, 0.3) is 10.9 Å². The molecule has 3 rings (SSSR count). The van der Waals surface area contributed by atoms with E-state index in [9.17, 15) is 29.1 Å². The monoisotopic (exact) mass is 541 g/mol. The van der Waals surface area contributed by atoms with E-state index in [2.05, 4.69) is 30.9 Å².